The molecule has 0 fully saturated rings. The lowest BCUT2D eigenvalue weighted by Gasteiger charge is -2.19. The van der Waals surface area contributed by atoms with E-state index in [9.17, 15) is 0 Å². The molecule has 1 heterocycles. The number of hydrogen-bond donors (Lipinski definition) is 0. The second-order valence-corrected chi connectivity index (χ2v) is 14.1. The lowest BCUT2D eigenvalue weighted by atomic mass is 9.89. The zero-order valence-electron chi connectivity index (χ0n) is 31.2. The monoisotopic (exact) mass is 709 g/mol. The molecule has 0 saturated heterocycles. The summed E-state index contributed by atoms with van der Waals surface area (Å²) in [6, 6.07) is 42.7. The van der Waals surface area contributed by atoms with Crippen LogP contribution in [0.25, 0.3) is 62.8 Å². The molecule has 2 aliphatic carbocycles. The molecule has 6 aromatic rings. The molecule has 2 aliphatic rings. The van der Waals surface area contributed by atoms with Crippen LogP contribution in [0.5, 0.6) is 0 Å². The standard InChI is InChI=1S/C52H43N3/c1-4-38-14-5-6-15-40(38)24-23-37-13-11-19-46(34-37)52-54-50(43-29-25-39(26-30-43)36(2)33-45-17-8-10-22-49(45)53-3)35-51(55-52)44-31-27-42(28-32-44)48-21-12-18-41-16-7-9-20-47(41)48/h4-9,11-21,23-29,31-35,43H,1,3,10,22,30H2,2H3/b24-23+,36-33+. The molecule has 8 rings (SSSR count). The van der Waals surface area contributed by atoms with Gasteiger partial charge in [-0.1, -0.05) is 164 Å². The smallest absolute Gasteiger partial charge is 0.160 e. The van der Waals surface area contributed by atoms with Gasteiger partial charge in [-0.3, -0.25) is 4.99 Å². The number of rotatable bonds is 10. The highest BCUT2D eigenvalue weighted by Gasteiger charge is 2.18. The van der Waals surface area contributed by atoms with Crippen LogP contribution >= 0.6 is 0 Å². The molecule has 0 radical (unpaired) electrons. The van der Waals surface area contributed by atoms with Crippen molar-refractivity contribution in [2.45, 2.75) is 32.1 Å². The molecule has 0 bridgehead atoms. The van der Waals surface area contributed by atoms with Crippen LogP contribution in [0.15, 0.2) is 192 Å². The van der Waals surface area contributed by atoms with Gasteiger partial charge >= 0.3 is 0 Å². The van der Waals surface area contributed by atoms with Crippen molar-refractivity contribution >= 4 is 35.7 Å². The van der Waals surface area contributed by atoms with Crippen molar-refractivity contribution in [3.05, 3.63) is 209 Å². The van der Waals surface area contributed by atoms with Crippen LogP contribution in [0, 0.1) is 0 Å². The van der Waals surface area contributed by atoms with Gasteiger partial charge in [0.2, 0.25) is 0 Å². The summed E-state index contributed by atoms with van der Waals surface area (Å²) < 4.78 is 0. The molecule has 1 atom stereocenters. The van der Waals surface area contributed by atoms with Gasteiger partial charge in [0.1, 0.15) is 0 Å². The Morgan fingerprint density at radius 3 is 2.36 bits per heavy atom. The number of benzene rings is 5. The van der Waals surface area contributed by atoms with Crippen LogP contribution in [0.2, 0.25) is 0 Å². The molecule has 3 heteroatoms. The molecule has 3 nitrogen and oxygen atoms in total. The molecule has 55 heavy (non-hydrogen) atoms. The van der Waals surface area contributed by atoms with E-state index in [0.29, 0.717) is 5.82 Å². The van der Waals surface area contributed by atoms with Crippen LogP contribution in [-0.4, -0.2) is 16.7 Å². The molecule has 5 aromatic carbocycles. The van der Waals surface area contributed by atoms with Crippen molar-refractivity contribution in [1.82, 2.24) is 9.97 Å². The second-order valence-electron chi connectivity index (χ2n) is 14.1. The largest absolute Gasteiger partial charge is 0.268 e. The maximum Gasteiger partial charge on any atom is 0.160 e. The van der Waals surface area contributed by atoms with Gasteiger partial charge in [0.15, 0.2) is 5.82 Å². The van der Waals surface area contributed by atoms with Gasteiger partial charge in [0.05, 0.1) is 11.4 Å². The molecule has 0 aliphatic heterocycles. The van der Waals surface area contributed by atoms with E-state index in [1.54, 1.807) is 0 Å². The zero-order chi connectivity index (χ0) is 37.6. The summed E-state index contributed by atoms with van der Waals surface area (Å²) in [6.45, 7) is 9.96. The van der Waals surface area contributed by atoms with Crippen molar-refractivity contribution in [2.75, 3.05) is 0 Å². The maximum absolute atomic E-state index is 5.24. The fraction of sp³-hybridized carbons (Fsp3) is 0.0962. The number of allylic oxidation sites excluding steroid dienone is 10. The highest BCUT2D eigenvalue weighted by molar-refractivity contribution is 5.96. The quantitative estimate of drug-likeness (QED) is 0.105. The van der Waals surface area contributed by atoms with Crippen LogP contribution in [0.3, 0.4) is 0 Å². The molecular weight excluding hydrogens is 667 g/mol. The van der Waals surface area contributed by atoms with Crippen molar-refractivity contribution in [3.63, 3.8) is 0 Å². The SMILES string of the molecule is C=Cc1ccccc1/C=C/c1cccc(-c2nc(-c3ccc(-c4cccc5ccccc45)cc3)cc(C3C=CC(/C(C)=C/C4=C(N=C)CCC=C4)=CC3)n2)c1. The van der Waals surface area contributed by atoms with E-state index in [2.05, 4.69) is 189 Å². The first-order valence-electron chi connectivity index (χ1n) is 19.0. The summed E-state index contributed by atoms with van der Waals surface area (Å²) in [5.74, 6) is 0.830. The summed E-state index contributed by atoms with van der Waals surface area (Å²) >= 11 is 0. The van der Waals surface area contributed by atoms with E-state index in [1.807, 2.05) is 12.1 Å². The molecule has 0 N–H and O–H groups in total. The molecule has 0 amide bonds. The highest BCUT2D eigenvalue weighted by Crippen LogP contribution is 2.35. The summed E-state index contributed by atoms with van der Waals surface area (Å²) in [5.41, 5.74) is 14.3. The minimum absolute atomic E-state index is 0.115. The zero-order valence-corrected chi connectivity index (χ0v) is 31.2. The minimum Gasteiger partial charge on any atom is -0.268 e. The fourth-order valence-corrected chi connectivity index (χ4v) is 7.47. The first kappa shape index (κ1) is 35.3. The van der Waals surface area contributed by atoms with Gasteiger partial charge in [0.25, 0.3) is 0 Å². The van der Waals surface area contributed by atoms with E-state index in [1.165, 1.54) is 33.0 Å². The highest BCUT2D eigenvalue weighted by atomic mass is 14.9. The topological polar surface area (TPSA) is 38.1 Å². The van der Waals surface area contributed by atoms with Crippen LogP contribution in [0.1, 0.15) is 54.5 Å². The third kappa shape index (κ3) is 7.83. The summed E-state index contributed by atoms with van der Waals surface area (Å²) in [4.78, 5) is 14.7. The molecule has 0 spiro atoms. The van der Waals surface area contributed by atoms with Crippen molar-refractivity contribution < 1.29 is 0 Å². The molecule has 1 unspecified atom stereocenters. The van der Waals surface area contributed by atoms with Gasteiger partial charge in [-0.15, -0.1) is 0 Å². The average Bonchev–Trinajstić information content (AvgIpc) is 3.25. The number of aromatic nitrogens is 2. The van der Waals surface area contributed by atoms with E-state index < -0.39 is 0 Å². The second kappa shape index (κ2) is 16.1. The van der Waals surface area contributed by atoms with Gasteiger partial charge in [-0.25, -0.2) is 9.97 Å². The summed E-state index contributed by atoms with van der Waals surface area (Å²) in [5, 5.41) is 2.48. The predicted octanol–water partition coefficient (Wildman–Crippen LogP) is 13.7. The fourth-order valence-electron chi connectivity index (χ4n) is 7.47. The van der Waals surface area contributed by atoms with E-state index in [-0.39, 0.29) is 5.92 Å². The summed E-state index contributed by atoms with van der Waals surface area (Å²) in [7, 11) is 0. The van der Waals surface area contributed by atoms with Crippen LogP contribution < -0.4 is 0 Å². The van der Waals surface area contributed by atoms with Crippen molar-refractivity contribution in [1.29, 1.82) is 0 Å². The molecule has 1 aromatic heterocycles. The predicted molar refractivity (Wildman–Crippen MR) is 235 cm³/mol. The Balaban J connectivity index is 1.14. The number of fused-ring (bicyclic) bond motifs is 1. The van der Waals surface area contributed by atoms with Gasteiger partial charge < -0.3 is 0 Å². The van der Waals surface area contributed by atoms with E-state index in [4.69, 9.17) is 9.97 Å². The Labute approximate surface area is 324 Å². The minimum atomic E-state index is 0.115. The Morgan fingerprint density at radius 1 is 0.764 bits per heavy atom. The lowest BCUT2D eigenvalue weighted by Crippen LogP contribution is -2.05. The van der Waals surface area contributed by atoms with Gasteiger partial charge in [0, 0.05) is 22.7 Å². The summed E-state index contributed by atoms with van der Waals surface area (Å²) in [6.07, 6.45) is 22.4. The maximum atomic E-state index is 5.24. The van der Waals surface area contributed by atoms with E-state index in [0.717, 1.165) is 69.7 Å². The van der Waals surface area contributed by atoms with Crippen molar-refractivity contribution in [3.8, 4) is 33.8 Å². The molecule has 0 saturated carbocycles. The van der Waals surface area contributed by atoms with Crippen LogP contribution in [-0.2, 0) is 0 Å². The van der Waals surface area contributed by atoms with E-state index >= 15 is 0 Å². The lowest BCUT2D eigenvalue weighted by molar-refractivity contribution is 0.806. The molecular formula is C52H43N3. The average molecular weight is 710 g/mol. The first-order valence-corrected chi connectivity index (χ1v) is 19.0. The Bertz CT molecular complexity index is 2600. The Hall–Kier alpha value is -6.71. The number of aliphatic imine (C=N–C) groups is 1. The van der Waals surface area contributed by atoms with Gasteiger partial charge in [-0.2, -0.15) is 0 Å². The van der Waals surface area contributed by atoms with Gasteiger partial charge in [-0.05, 0) is 106 Å². The Morgan fingerprint density at radius 2 is 1.55 bits per heavy atom. The normalized spacial score (nSPS) is 15.8. The van der Waals surface area contributed by atoms with Crippen LogP contribution in [0.4, 0.5) is 0 Å². The Kier molecular flexibility index (Phi) is 10.4. The first-order chi connectivity index (χ1) is 27.1. The third-order valence-electron chi connectivity index (χ3n) is 10.5. The van der Waals surface area contributed by atoms with Crippen molar-refractivity contribution in [2.24, 2.45) is 4.99 Å². The number of nitrogens with zero attached hydrogens (tertiary/aromatic N) is 3. The third-order valence-corrected chi connectivity index (χ3v) is 10.5. The number of hydrogen-bond acceptors (Lipinski definition) is 3. The molecule has 266 valence electrons.